The van der Waals surface area contributed by atoms with Gasteiger partial charge in [-0.25, -0.2) is 4.79 Å². The number of aliphatic hydroxyl groups excluding tert-OH is 1. The Labute approximate surface area is 96.1 Å². The number of ether oxygens (including phenoxy) is 2. The zero-order valence-electron chi connectivity index (χ0n) is 10.2. The molecule has 1 fully saturated rings. The molecule has 1 saturated heterocycles. The van der Waals surface area contributed by atoms with Gasteiger partial charge in [-0.15, -0.1) is 0 Å². The van der Waals surface area contributed by atoms with Gasteiger partial charge >= 0.3 is 6.09 Å². The van der Waals surface area contributed by atoms with Crippen molar-refractivity contribution < 1.29 is 19.4 Å². The average molecular weight is 231 g/mol. The molecule has 0 radical (unpaired) electrons. The van der Waals surface area contributed by atoms with E-state index in [-0.39, 0.29) is 18.8 Å². The summed E-state index contributed by atoms with van der Waals surface area (Å²) in [6.45, 7) is 5.95. The Kier molecular flexibility index (Phi) is 4.56. The molecule has 1 amide bonds. The molecule has 0 saturated carbocycles. The predicted molar refractivity (Wildman–Crippen MR) is 59.2 cm³/mol. The smallest absolute Gasteiger partial charge is 0.408 e. The molecule has 1 aliphatic rings. The van der Waals surface area contributed by atoms with E-state index in [0.717, 1.165) is 12.8 Å². The van der Waals surface area contributed by atoms with Gasteiger partial charge in [-0.05, 0) is 33.6 Å². The summed E-state index contributed by atoms with van der Waals surface area (Å²) in [7, 11) is 0. The Morgan fingerprint density at radius 2 is 2.31 bits per heavy atom. The molecule has 5 heteroatoms. The maximum Gasteiger partial charge on any atom is 0.408 e. The number of nitrogens with one attached hydrogen (secondary N) is 1. The number of rotatable bonds is 3. The van der Waals surface area contributed by atoms with Crippen LogP contribution >= 0.6 is 0 Å². The molecular weight excluding hydrogens is 210 g/mol. The van der Waals surface area contributed by atoms with Gasteiger partial charge in [-0.1, -0.05) is 0 Å². The molecule has 16 heavy (non-hydrogen) atoms. The van der Waals surface area contributed by atoms with Crippen LogP contribution in [0.1, 0.15) is 33.6 Å². The van der Waals surface area contributed by atoms with Crippen LogP contribution in [0.25, 0.3) is 0 Å². The van der Waals surface area contributed by atoms with Crippen molar-refractivity contribution >= 4 is 6.09 Å². The fraction of sp³-hybridized carbons (Fsp3) is 0.909. The highest BCUT2D eigenvalue weighted by atomic mass is 16.6. The third-order valence-electron chi connectivity index (χ3n) is 2.31. The predicted octanol–water partition coefficient (Wildman–Crippen LogP) is 1.05. The van der Waals surface area contributed by atoms with Crippen LogP contribution in [0.15, 0.2) is 0 Å². The maximum atomic E-state index is 11.5. The summed E-state index contributed by atoms with van der Waals surface area (Å²) >= 11 is 0. The summed E-state index contributed by atoms with van der Waals surface area (Å²) in [5, 5.41) is 11.8. The quantitative estimate of drug-likeness (QED) is 0.762. The van der Waals surface area contributed by atoms with E-state index < -0.39 is 11.7 Å². The van der Waals surface area contributed by atoms with Crippen LogP contribution in [0.4, 0.5) is 4.79 Å². The van der Waals surface area contributed by atoms with Gasteiger partial charge in [0, 0.05) is 6.61 Å². The Balaban J connectivity index is 2.40. The monoisotopic (exact) mass is 231 g/mol. The molecule has 0 spiro atoms. The second-order valence-electron chi connectivity index (χ2n) is 4.99. The first kappa shape index (κ1) is 13.3. The standard InChI is InChI=1S/C11H21NO4/c1-11(2,3)16-10(14)12-8(7-13)9-5-4-6-15-9/h8-9,13H,4-7H2,1-3H3,(H,12,14)/t8-,9?/m0/s1. The van der Waals surface area contributed by atoms with Gasteiger partial charge in [-0.3, -0.25) is 0 Å². The van der Waals surface area contributed by atoms with E-state index in [2.05, 4.69) is 5.32 Å². The van der Waals surface area contributed by atoms with Gasteiger partial charge in [0.1, 0.15) is 5.60 Å². The first-order valence-corrected chi connectivity index (χ1v) is 5.64. The van der Waals surface area contributed by atoms with Gasteiger partial charge in [0.25, 0.3) is 0 Å². The number of hydrogen-bond donors (Lipinski definition) is 2. The Hall–Kier alpha value is -0.810. The molecule has 0 bridgehead atoms. The highest BCUT2D eigenvalue weighted by Gasteiger charge is 2.28. The molecule has 1 unspecified atom stereocenters. The number of alkyl carbamates (subject to hydrolysis) is 1. The molecule has 94 valence electrons. The first-order valence-electron chi connectivity index (χ1n) is 5.64. The van der Waals surface area contributed by atoms with Crippen molar-refractivity contribution in [3.8, 4) is 0 Å². The van der Waals surface area contributed by atoms with Crippen molar-refractivity contribution in [1.82, 2.24) is 5.32 Å². The fourth-order valence-electron chi connectivity index (χ4n) is 1.63. The third kappa shape index (κ3) is 4.37. The van der Waals surface area contributed by atoms with E-state index in [9.17, 15) is 9.90 Å². The summed E-state index contributed by atoms with van der Waals surface area (Å²) in [6.07, 6.45) is 1.22. The minimum atomic E-state index is -0.527. The number of aliphatic hydroxyl groups is 1. The molecule has 2 atom stereocenters. The van der Waals surface area contributed by atoms with Gasteiger partial charge in [-0.2, -0.15) is 0 Å². The van der Waals surface area contributed by atoms with Crippen LogP contribution in [0, 0.1) is 0 Å². The largest absolute Gasteiger partial charge is 0.444 e. The van der Waals surface area contributed by atoms with Gasteiger partial charge < -0.3 is 19.9 Å². The van der Waals surface area contributed by atoms with Crippen molar-refractivity contribution in [3.05, 3.63) is 0 Å². The molecular formula is C11H21NO4. The Morgan fingerprint density at radius 3 is 2.75 bits per heavy atom. The zero-order chi connectivity index (χ0) is 12.2. The molecule has 1 aliphatic heterocycles. The minimum absolute atomic E-state index is 0.0995. The summed E-state index contributed by atoms with van der Waals surface area (Å²) in [5.74, 6) is 0. The third-order valence-corrected chi connectivity index (χ3v) is 2.31. The van der Waals surface area contributed by atoms with E-state index >= 15 is 0 Å². The molecule has 5 nitrogen and oxygen atoms in total. The first-order chi connectivity index (χ1) is 7.42. The Morgan fingerprint density at radius 1 is 1.62 bits per heavy atom. The second kappa shape index (κ2) is 5.50. The number of amides is 1. The highest BCUT2D eigenvalue weighted by molar-refractivity contribution is 5.68. The minimum Gasteiger partial charge on any atom is -0.444 e. The number of carbonyl (C=O) groups excluding carboxylic acids is 1. The van der Waals surface area contributed by atoms with Crippen LogP contribution in [0.2, 0.25) is 0 Å². The van der Waals surface area contributed by atoms with Crippen LogP contribution < -0.4 is 5.32 Å². The second-order valence-corrected chi connectivity index (χ2v) is 4.99. The molecule has 1 rings (SSSR count). The molecule has 0 aromatic carbocycles. The highest BCUT2D eigenvalue weighted by Crippen LogP contribution is 2.16. The van der Waals surface area contributed by atoms with Gasteiger partial charge in [0.15, 0.2) is 0 Å². The van der Waals surface area contributed by atoms with Gasteiger partial charge in [0.2, 0.25) is 0 Å². The van der Waals surface area contributed by atoms with E-state index in [4.69, 9.17) is 9.47 Å². The lowest BCUT2D eigenvalue weighted by Gasteiger charge is -2.25. The van der Waals surface area contributed by atoms with E-state index in [0.29, 0.717) is 6.61 Å². The van der Waals surface area contributed by atoms with Crippen molar-refractivity contribution in [2.75, 3.05) is 13.2 Å². The normalized spacial score (nSPS) is 22.9. The summed E-state index contributed by atoms with van der Waals surface area (Å²) in [4.78, 5) is 11.5. The topological polar surface area (TPSA) is 67.8 Å². The summed E-state index contributed by atoms with van der Waals surface area (Å²) in [5.41, 5.74) is -0.527. The maximum absolute atomic E-state index is 11.5. The zero-order valence-corrected chi connectivity index (χ0v) is 10.2. The van der Waals surface area contributed by atoms with Crippen molar-refractivity contribution in [1.29, 1.82) is 0 Å². The van der Waals surface area contributed by atoms with Crippen molar-refractivity contribution in [2.24, 2.45) is 0 Å². The van der Waals surface area contributed by atoms with Crippen LogP contribution in [0.5, 0.6) is 0 Å². The Bertz CT molecular complexity index is 231. The lowest BCUT2D eigenvalue weighted by Crippen LogP contribution is -2.47. The molecule has 1 heterocycles. The number of hydrogen-bond acceptors (Lipinski definition) is 4. The molecule has 0 aromatic rings. The van der Waals surface area contributed by atoms with Crippen LogP contribution in [-0.2, 0) is 9.47 Å². The summed E-state index contributed by atoms with van der Waals surface area (Å²) in [6, 6.07) is -0.377. The van der Waals surface area contributed by atoms with Crippen LogP contribution in [-0.4, -0.2) is 42.2 Å². The van der Waals surface area contributed by atoms with E-state index in [1.54, 1.807) is 20.8 Å². The molecule has 2 N–H and O–H groups in total. The molecule has 0 aromatic heterocycles. The fourth-order valence-corrected chi connectivity index (χ4v) is 1.63. The van der Waals surface area contributed by atoms with Crippen molar-refractivity contribution in [2.45, 2.75) is 51.4 Å². The summed E-state index contributed by atoms with van der Waals surface area (Å²) < 4.78 is 10.5. The van der Waals surface area contributed by atoms with Crippen LogP contribution in [0.3, 0.4) is 0 Å². The van der Waals surface area contributed by atoms with E-state index in [1.165, 1.54) is 0 Å². The average Bonchev–Trinajstić information content (AvgIpc) is 2.63. The van der Waals surface area contributed by atoms with Gasteiger partial charge in [0.05, 0.1) is 18.8 Å². The lowest BCUT2D eigenvalue weighted by molar-refractivity contribution is 0.0270. The molecule has 0 aliphatic carbocycles. The SMILES string of the molecule is CC(C)(C)OC(=O)N[C@@H](CO)C1CCCO1. The number of carbonyl (C=O) groups is 1. The lowest BCUT2D eigenvalue weighted by atomic mass is 10.1. The van der Waals surface area contributed by atoms with Crippen molar-refractivity contribution in [3.63, 3.8) is 0 Å². The van der Waals surface area contributed by atoms with E-state index in [1.807, 2.05) is 0 Å².